The number of rotatable bonds is 2. The van der Waals surface area contributed by atoms with Crippen LogP contribution in [0.3, 0.4) is 0 Å². The molecule has 3 rings (SSSR count). The molecule has 1 saturated carbocycles. The van der Waals surface area contributed by atoms with E-state index >= 15 is 0 Å². The van der Waals surface area contributed by atoms with Crippen molar-refractivity contribution in [1.82, 2.24) is 9.97 Å². The highest BCUT2D eigenvalue weighted by Crippen LogP contribution is 2.26. The van der Waals surface area contributed by atoms with Crippen molar-refractivity contribution >= 4 is 16.9 Å². The molecule has 0 atom stereocenters. The lowest BCUT2D eigenvalue weighted by Gasteiger charge is -2.17. The van der Waals surface area contributed by atoms with Crippen molar-refractivity contribution in [1.29, 1.82) is 0 Å². The molecule has 1 aromatic heterocycles. The number of ether oxygens (including phenoxy) is 1. The van der Waals surface area contributed by atoms with Crippen LogP contribution in [0.15, 0.2) is 24.3 Å². The summed E-state index contributed by atoms with van der Waals surface area (Å²) in [5.41, 5.74) is 7.59. The molecule has 0 amide bonds. The predicted molar refractivity (Wildman–Crippen MR) is 76.1 cm³/mol. The summed E-state index contributed by atoms with van der Waals surface area (Å²) >= 11 is 0. The molecule has 2 aromatic rings. The summed E-state index contributed by atoms with van der Waals surface area (Å²) in [4.78, 5) is 8.84. The topological polar surface area (TPSA) is 61.0 Å². The molecule has 0 spiro atoms. The number of hydrogen-bond acceptors (Lipinski definition) is 4. The van der Waals surface area contributed by atoms with Gasteiger partial charge in [-0.25, -0.2) is 9.97 Å². The van der Waals surface area contributed by atoms with Crippen molar-refractivity contribution in [3.63, 3.8) is 0 Å². The van der Waals surface area contributed by atoms with Gasteiger partial charge in [0.05, 0.1) is 11.0 Å². The highest BCUT2D eigenvalue weighted by molar-refractivity contribution is 5.76. The molecule has 2 N–H and O–H groups in total. The third-order valence-electron chi connectivity index (χ3n) is 3.64. The van der Waals surface area contributed by atoms with Crippen molar-refractivity contribution in [2.45, 2.75) is 44.6 Å². The number of nitrogens with zero attached hydrogens (tertiary/aromatic N) is 2. The molecule has 0 unspecified atom stereocenters. The Hall–Kier alpha value is -1.84. The molecule has 1 aliphatic rings. The number of hydrogen-bond donors (Lipinski definition) is 1. The lowest BCUT2D eigenvalue weighted by molar-refractivity contribution is 0.177. The molecular weight excluding hydrogens is 238 g/mol. The first-order valence-electron chi connectivity index (χ1n) is 7.02. The van der Waals surface area contributed by atoms with E-state index in [9.17, 15) is 0 Å². The van der Waals surface area contributed by atoms with Crippen molar-refractivity contribution in [2.24, 2.45) is 0 Å². The smallest absolute Gasteiger partial charge is 0.258 e. The second-order valence-electron chi connectivity index (χ2n) is 5.13. The van der Waals surface area contributed by atoms with Crippen LogP contribution in [-0.2, 0) is 0 Å². The van der Waals surface area contributed by atoms with E-state index in [1.165, 1.54) is 25.7 Å². The monoisotopic (exact) mass is 257 g/mol. The van der Waals surface area contributed by atoms with Gasteiger partial charge >= 0.3 is 0 Å². The normalized spacial score (nSPS) is 17.3. The molecule has 0 radical (unpaired) electrons. The van der Waals surface area contributed by atoms with Crippen LogP contribution < -0.4 is 10.5 Å². The van der Waals surface area contributed by atoms with E-state index in [0.29, 0.717) is 11.7 Å². The maximum atomic E-state index is 5.98. The number of benzene rings is 1. The van der Waals surface area contributed by atoms with Gasteiger partial charge in [-0.3, -0.25) is 0 Å². The molecule has 0 aliphatic heterocycles. The first kappa shape index (κ1) is 12.2. The molecule has 19 heavy (non-hydrogen) atoms. The van der Waals surface area contributed by atoms with Gasteiger partial charge < -0.3 is 10.5 Å². The van der Waals surface area contributed by atoms with Gasteiger partial charge in [-0.1, -0.05) is 25.0 Å². The third kappa shape index (κ3) is 2.78. The van der Waals surface area contributed by atoms with Crippen molar-refractivity contribution < 1.29 is 4.74 Å². The molecular formula is C15H19N3O. The summed E-state index contributed by atoms with van der Waals surface area (Å²) in [5, 5.41) is 0. The Morgan fingerprint density at radius 3 is 2.26 bits per heavy atom. The Bertz CT molecular complexity index is 562. The number of nitrogens with two attached hydrogens (primary N) is 1. The molecule has 0 saturated heterocycles. The minimum Gasteiger partial charge on any atom is -0.472 e. The van der Waals surface area contributed by atoms with Crippen molar-refractivity contribution in [3.8, 4) is 5.88 Å². The van der Waals surface area contributed by atoms with Crippen LogP contribution in [-0.4, -0.2) is 16.1 Å². The summed E-state index contributed by atoms with van der Waals surface area (Å²) in [6, 6.07) is 7.72. The molecule has 1 heterocycles. The minimum atomic E-state index is 0.236. The average molecular weight is 257 g/mol. The Morgan fingerprint density at radius 2 is 1.58 bits per heavy atom. The summed E-state index contributed by atoms with van der Waals surface area (Å²) in [6.07, 6.45) is 7.48. The number of nitrogen functional groups attached to an aromatic ring is 1. The fourth-order valence-corrected chi connectivity index (χ4v) is 2.60. The van der Waals surface area contributed by atoms with Gasteiger partial charge in [-0.2, -0.15) is 0 Å². The van der Waals surface area contributed by atoms with Crippen LogP contribution >= 0.6 is 0 Å². The fourth-order valence-electron chi connectivity index (χ4n) is 2.60. The Morgan fingerprint density at radius 1 is 0.947 bits per heavy atom. The van der Waals surface area contributed by atoms with E-state index in [1.54, 1.807) is 0 Å². The van der Waals surface area contributed by atoms with E-state index < -0.39 is 0 Å². The number of aromatic nitrogens is 2. The van der Waals surface area contributed by atoms with Crippen LogP contribution in [0.1, 0.15) is 38.5 Å². The van der Waals surface area contributed by atoms with Crippen molar-refractivity contribution in [3.05, 3.63) is 24.3 Å². The highest BCUT2D eigenvalue weighted by atomic mass is 16.5. The van der Waals surface area contributed by atoms with Crippen LogP contribution in [0.25, 0.3) is 11.0 Å². The van der Waals surface area contributed by atoms with E-state index in [0.717, 1.165) is 23.9 Å². The van der Waals surface area contributed by atoms with E-state index in [1.807, 2.05) is 24.3 Å². The van der Waals surface area contributed by atoms with Gasteiger partial charge in [0.25, 0.3) is 5.88 Å². The zero-order valence-corrected chi connectivity index (χ0v) is 11.0. The number of anilines is 1. The lowest BCUT2D eigenvalue weighted by atomic mass is 10.1. The predicted octanol–water partition coefficient (Wildman–Crippen LogP) is 3.31. The molecule has 1 aliphatic carbocycles. The second kappa shape index (κ2) is 5.43. The molecule has 4 nitrogen and oxygen atoms in total. The zero-order chi connectivity index (χ0) is 13.1. The first-order chi connectivity index (χ1) is 9.33. The summed E-state index contributed by atoms with van der Waals surface area (Å²) in [6.45, 7) is 0. The molecule has 1 aromatic carbocycles. The Kier molecular flexibility index (Phi) is 3.49. The maximum absolute atomic E-state index is 5.98. The van der Waals surface area contributed by atoms with Crippen LogP contribution in [0.2, 0.25) is 0 Å². The van der Waals surface area contributed by atoms with E-state index in [2.05, 4.69) is 9.97 Å². The second-order valence-corrected chi connectivity index (χ2v) is 5.13. The highest BCUT2D eigenvalue weighted by Gasteiger charge is 2.16. The average Bonchev–Trinajstić information content (AvgIpc) is 2.68. The first-order valence-corrected chi connectivity index (χ1v) is 7.02. The zero-order valence-electron chi connectivity index (χ0n) is 11.0. The van der Waals surface area contributed by atoms with Gasteiger partial charge in [0.15, 0.2) is 5.82 Å². The third-order valence-corrected chi connectivity index (χ3v) is 3.64. The van der Waals surface area contributed by atoms with Gasteiger partial charge in [0.1, 0.15) is 6.10 Å². The SMILES string of the molecule is Nc1nc2ccccc2nc1OC1CCCCCC1. The van der Waals surface area contributed by atoms with E-state index in [4.69, 9.17) is 10.5 Å². The summed E-state index contributed by atoms with van der Waals surface area (Å²) < 4.78 is 5.98. The van der Waals surface area contributed by atoms with Gasteiger partial charge in [0, 0.05) is 0 Å². The van der Waals surface area contributed by atoms with E-state index in [-0.39, 0.29) is 6.10 Å². The number of fused-ring (bicyclic) bond motifs is 1. The Balaban J connectivity index is 1.85. The van der Waals surface area contributed by atoms with Gasteiger partial charge in [0.2, 0.25) is 0 Å². The fraction of sp³-hybridized carbons (Fsp3) is 0.467. The summed E-state index contributed by atoms with van der Waals surface area (Å²) in [7, 11) is 0. The van der Waals surface area contributed by atoms with Gasteiger partial charge in [-0.05, 0) is 37.8 Å². The molecule has 4 heteroatoms. The van der Waals surface area contributed by atoms with Gasteiger partial charge in [-0.15, -0.1) is 0 Å². The number of para-hydroxylation sites is 2. The Labute approximate surface area is 113 Å². The van der Waals surface area contributed by atoms with Crippen LogP contribution in [0, 0.1) is 0 Å². The van der Waals surface area contributed by atoms with Crippen molar-refractivity contribution in [2.75, 3.05) is 5.73 Å². The molecule has 0 bridgehead atoms. The molecule has 100 valence electrons. The van der Waals surface area contributed by atoms with Crippen LogP contribution in [0.5, 0.6) is 5.88 Å². The van der Waals surface area contributed by atoms with Crippen LogP contribution in [0.4, 0.5) is 5.82 Å². The standard InChI is InChI=1S/C15H19N3O/c16-14-15(19-11-7-3-1-2-4-8-11)18-13-10-6-5-9-12(13)17-14/h5-6,9-11H,1-4,7-8H2,(H2,16,17). The lowest BCUT2D eigenvalue weighted by Crippen LogP contribution is -2.17. The summed E-state index contributed by atoms with van der Waals surface area (Å²) in [5.74, 6) is 0.883. The quantitative estimate of drug-likeness (QED) is 0.838. The maximum Gasteiger partial charge on any atom is 0.258 e. The minimum absolute atomic E-state index is 0.236. The largest absolute Gasteiger partial charge is 0.472 e. The molecule has 1 fully saturated rings.